The minimum atomic E-state index is 0.461. The van der Waals surface area contributed by atoms with Crippen LogP contribution < -0.4 is 5.32 Å². The molecule has 1 rings (SSSR count). The maximum atomic E-state index is 3.53. The van der Waals surface area contributed by atoms with Crippen LogP contribution in [0.15, 0.2) is 24.3 Å². The highest BCUT2D eigenvalue weighted by Crippen LogP contribution is 2.14. The smallest absolute Gasteiger partial charge is 0.0292 e. The van der Waals surface area contributed by atoms with Gasteiger partial charge in [-0.2, -0.15) is 11.8 Å². The molecule has 1 N–H and O–H groups in total. The second-order valence-electron chi connectivity index (χ2n) is 4.16. The molecule has 1 unspecified atom stereocenters. The second-order valence-corrected chi connectivity index (χ2v) is 5.15. The van der Waals surface area contributed by atoms with Gasteiger partial charge in [0.2, 0.25) is 0 Å². The predicted octanol–water partition coefficient (Wildman–Crippen LogP) is 3.65. The highest BCUT2D eigenvalue weighted by atomic mass is 32.2. The Morgan fingerprint density at radius 2 is 1.94 bits per heavy atom. The zero-order valence-electron chi connectivity index (χ0n) is 10.6. The largest absolute Gasteiger partial charge is 0.309 e. The first-order valence-electron chi connectivity index (χ1n) is 6.09. The molecular formula is C14H23NS. The molecule has 0 aliphatic heterocycles. The first kappa shape index (κ1) is 13.6. The maximum Gasteiger partial charge on any atom is 0.0292 e. The summed E-state index contributed by atoms with van der Waals surface area (Å²) in [7, 11) is 0. The molecule has 0 aliphatic carbocycles. The lowest BCUT2D eigenvalue weighted by molar-refractivity contribution is 0.601. The molecule has 0 bridgehead atoms. The van der Waals surface area contributed by atoms with Crippen LogP contribution in [0, 0.1) is 0 Å². The van der Waals surface area contributed by atoms with Crippen LogP contribution in [0.2, 0.25) is 0 Å². The van der Waals surface area contributed by atoms with Crippen LogP contribution in [-0.2, 0) is 6.42 Å². The van der Waals surface area contributed by atoms with E-state index in [1.807, 2.05) is 11.8 Å². The average Bonchev–Trinajstić information content (AvgIpc) is 2.30. The number of hydrogen-bond acceptors (Lipinski definition) is 2. The molecule has 0 aromatic heterocycles. The van der Waals surface area contributed by atoms with Gasteiger partial charge in [0.25, 0.3) is 0 Å². The standard InChI is InChI=1S/C14H23NS/c1-4-5-13-6-8-14(9-7-13)12(2)15-10-11-16-3/h6-9,12,15H,4-5,10-11H2,1-3H3. The minimum absolute atomic E-state index is 0.461. The summed E-state index contributed by atoms with van der Waals surface area (Å²) in [4.78, 5) is 0. The van der Waals surface area contributed by atoms with Crippen LogP contribution >= 0.6 is 11.8 Å². The lowest BCUT2D eigenvalue weighted by Crippen LogP contribution is -2.21. The Bertz CT molecular complexity index is 281. The van der Waals surface area contributed by atoms with E-state index < -0.39 is 0 Å². The summed E-state index contributed by atoms with van der Waals surface area (Å²) in [5.74, 6) is 1.18. The number of nitrogens with one attached hydrogen (secondary N) is 1. The highest BCUT2D eigenvalue weighted by molar-refractivity contribution is 7.98. The van der Waals surface area contributed by atoms with Crippen LogP contribution in [0.25, 0.3) is 0 Å². The number of aryl methyl sites for hydroxylation is 1. The molecule has 1 atom stereocenters. The molecule has 16 heavy (non-hydrogen) atoms. The molecule has 0 saturated carbocycles. The van der Waals surface area contributed by atoms with Gasteiger partial charge < -0.3 is 5.32 Å². The third kappa shape index (κ3) is 4.58. The van der Waals surface area contributed by atoms with E-state index in [9.17, 15) is 0 Å². The molecular weight excluding hydrogens is 214 g/mol. The molecule has 90 valence electrons. The lowest BCUT2D eigenvalue weighted by atomic mass is 10.0. The molecule has 0 heterocycles. The number of benzene rings is 1. The molecule has 0 spiro atoms. The van der Waals surface area contributed by atoms with E-state index in [4.69, 9.17) is 0 Å². The van der Waals surface area contributed by atoms with Gasteiger partial charge in [-0.1, -0.05) is 37.6 Å². The van der Waals surface area contributed by atoms with Gasteiger partial charge in [0.15, 0.2) is 0 Å². The number of thioether (sulfide) groups is 1. The quantitative estimate of drug-likeness (QED) is 0.726. The van der Waals surface area contributed by atoms with Crippen molar-refractivity contribution in [3.05, 3.63) is 35.4 Å². The highest BCUT2D eigenvalue weighted by Gasteiger charge is 2.03. The Labute approximate surface area is 104 Å². The Balaban J connectivity index is 2.46. The molecule has 2 heteroatoms. The van der Waals surface area contributed by atoms with Crippen molar-refractivity contribution in [1.29, 1.82) is 0 Å². The molecule has 1 aromatic carbocycles. The van der Waals surface area contributed by atoms with Crippen molar-refractivity contribution in [3.63, 3.8) is 0 Å². The zero-order chi connectivity index (χ0) is 11.8. The van der Waals surface area contributed by atoms with Crippen molar-refractivity contribution >= 4 is 11.8 Å². The minimum Gasteiger partial charge on any atom is -0.309 e. The SMILES string of the molecule is CCCc1ccc(C(C)NCCSC)cc1. The summed E-state index contributed by atoms with van der Waals surface area (Å²) in [6.45, 7) is 5.54. The van der Waals surface area contributed by atoms with Crippen molar-refractivity contribution in [3.8, 4) is 0 Å². The fourth-order valence-corrected chi connectivity index (χ4v) is 2.08. The normalized spacial score (nSPS) is 12.7. The number of rotatable bonds is 7. The maximum absolute atomic E-state index is 3.53. The van der Waals surface area contributed by atoms with Crippen LogP contribution in [0.4, 0.5) is 0 Å². The Morgan fingerprint density at radius 3 is 2.50 bits per heavy atom. The van der Waals surface area contributed by atoms with Gasteiger partial charge in [0.05, 0.1) is 0 Å². The third-order valence-corrected chi connectivity index (χ3v) is 3.39. The summed E-state index contributed by atoms with van der Waals surface area (Å²) in [5.41, 5.74) is 2.84. The van der Waals surface area contributed by atoms with E-state index in [1.54, 1.807) is 0 Å². The topological polar surface area (TPSA) is 12.0 Å². The van der Waals surface area contributed by atoms with Gasteiger partial charge in [0, 0.05) is 18.3 Å². The van der Waals surface area contributed by atoms with Crippen LogP contribution in [0.5, 0.6) is 0 Å². The van der Waals surface area contributed by atoms with E-state index in [2.05, 4.69) is 49.7 Å². The van der Waals surface area contributed by atoms with Crippen molar-refractivity contribution < 1.29 is 0 Å². The third-order valence-electron chi connectivity index (χ3n) is 2.78. The van der Waals surface area contributed by atoms with Gasteiger partial charge in [-0.3, -0.25) is 0 Å². The molecule has 0 aliphatic rings. The fraction of sp³-hybridized carbons (Fsp3) is 0.571. The zero-order valence-corrected chi connectivity index (χ0v) is 11.4. The van der Waals surface area contributed by atoms with E-state index in [0.717, 1.165) is 6.54 Å². The van der Waals surface area contributed by atoms with Gasteiger partial charge in [0.1, 0.15) is 0 Å². The molecule has 0 radical (unpaired) electrons. The summed E-state index contributed by atoms with van der Waals surface area (Å²) >= 11 is 1.89. The molecule has 1 aromatic rings. The van der Waals surface area contributed by atoms with E-state index >= 15 is 0 Å². The second kappa shape index (κ2) is 7.75. The first-order valence-corrected chi connectivity index (χ1v) is 7.48. The van der Waals surface area contributed by atoms with Gasteiger partial charge in [-0.15, -0.1) is 0 Å². The summed E-state index contributed by atoms with van der Waals surface area (Å²) in [6.07, 6.45) is 4.56. The fourth-order valence-electron chi connectivity index (χ4n) is 1.76. The Morgan fingerprint density at radius 1 is 1.25 bits per heavy atom. The van der Waals surface area contributed by atoms with Crippen LogP contribution in [0.1, 0.15) is 37.4 Å². The van der Waals surface area contributed by atoms with E-state index in [0.29, 0.717) is 6.04 Å². The lowest BCUT2D eigenvalue weighted by Gasteiger charge is -2.14. The van der Waals surface area contributed by atoms with E-state index in [-0.39, 0.29) is 0 Å². The van der Waals surface area contributed by atoms with Gasteiger partial charge in [-0.05, 0) is 30.7 Å². The first-order chi connectivity index (χ1) is 7.77. The van der Waals surface area contributed by atoms with Crippen molar-refractivity contribution in [1.82, 2.24) is 5.32 Å². The van der Waals surface area contributed by atoms with Crippen molar-refractivity contribution in [2.75, 3.05) is 18.6 Å². The average molecular weight is 237 g/mol. The summed E-state index contributed by atoms with van der Waals surface area (Å²) < 4.78 is 0. The van der Waals surface area contributed by atoms with Gasteiger partial charge >= 0.3 is 0 Å². The van der Waals surface area contributed by atoms with Gasteiger partial charge in [-0.25, -0.2) is 0 Å². The Kier molecular flexibility index (Phi) is 6.58. The molecule has 0 saturated heterocycles. The summed E-state index contributed by atoms with van der Waals surface area (Å²) in [6, 6.07) is 9.48. The van der Waals surface area contributed by atoms with E-state index in [1.165, 1.54) is 29.7 Å². The molecule has 0 amide bonds. The van der Waals surface area contributed by atoms with Crippen molar-refractivity contribution in [2.24, 2.45) is 0 Å². The summed E-state index contributed by atoms with van der Waals surface area (Å²) in [5, 5.41) is 3.53. The number of hydrogen-bond donors (Lipinski definition) is 1. The van der Waals surface area contributed by atoms with Crippen LogP contribution in [0.3, 0.4) is 0 Å². The van der Waals surface area contributed by atoms with Crippen LogP contribution in [-0.4, -0.2) is 18.6 Å². The molecule has 0 fully saturated rings. The predicted molar refractivity (Wildman–Crippen MR) is 75.2 cm³/mol. The monoisotopic (exact) mass is 237 g/mol. The molecule has 1 nitrogen and oxygen atoms in total. The Hall–Kier alpha value is -0.470. The van der Waals surface area contributed by atoms with Crippen molar-refractivity contribution in [2.45, 2.75) is 32.7 Å².